The quantitative estimate of drug-likeness (QED) is 0.588. The van der Waals surface area contributed by atoms with E-state index in [1.165, 1.54) is 0 Å². The van der Waals surface area contributed by atoms with Crippen LogP contribution in [0.1, 0.15) is 5.76 Å². The Morgan fingerprint density at radius 2 is 1.86 bits per heavy atom. The van der Waals surface area contributed by atoms with Gasteiger partial charge in [-0.15, -0.1) is 0 Å². The van der Waals surface area contributed by atoms with Crippen LogP contribution in [0.3, 0.4) is 0 Å². The minimum absolute atomic E-state index is 0.594. The van der Waals surface area contributed by atoms with Crippen molar-refractivity contribution >= 4 is 27.8 Å². The molecule has 0 aliphatic heterocycles. The molecule has 0 bridgehead atoms. The molecule has 0 unspecified atom stereocenters. The van der Waals surface area contributed by atoms with Crippen molar-refractivity contribution in [1.29, 1.82) is 0 Å². The van der Waals surface area contributed by atoms with Gasteiger partial charge in [0.1, 0.15) is 17.0 Å². The molecule has 1 aromatic carbocycles. The fourth-order valence-electron chi connectivity index (χ4n) is 1.67. The van der Waals surface area contributed by atoms with Crippen molar-refractivity contribution in [3.63, 3.8) is 0 Å². The average molecular weight is 187 g/mol. The predicted octanol–water partition coefficient (Wildman–Crippen LogP) is 3.07. The molecule has 2 aromatic heterocycles. The number of aryl methyl sites for hydroxylation is 1. The van der Waals surface area contributed by atoms with Crippen LogP contribution in [0.4, 0.5) is 5.69 Å². The lowest BCUT2D eigenvalue weighted by Gasteiger charge is -1.87. The molecule has 0 saturated carbocycles. The van der Waals surface area contributed by atoms with E-state index in [-0.39, 0.29) is 0 Å². The molecule has 0 fully saturated rings. The van der Waals surface area contributed by atoms with E-state index < -0.39 is 0 Å². The Bertz CT molecular complexity index is 619. The molecular formula is C11H9NO2. The van der Waals surface area contributed by atoms with Crippen LogP contribution in [-0.4, -0.2) is 0 Å². The molecule has 0 radical (unpaired) electrons. The van der Waals surface area contributed by atoms with Crippen LogP contribution in [0.25, 0.3) is 22.1 Å². The zero-order chi connectivity index (χ0) is 9.71. The van der Waals surface area contributed by atoms with Crippen molar-refractivity contribution < 1.29 is 8.83 Å². The first kappa shape index (κ1) is 7.50. The summed E-state index contributed by atoms with van der Waals surface area (Å²) in [6, 6.07) is 7.74. The minimum atomic E-state index is 0.594. The summed E-state index contributed by atoms with van der Waals surface area (Å²) in [5.41, 5.74) is 8.62. The van der Waals surface area contributed by atoms with Gasteiger partial charge in [-0.05, 0) is 19.1 Å². The normalized spacial score (nSPS) is 11.5. The fraction of sp³-hybridized carbons (Fsp3) is 0.0909. The van der Waals surface area contributed by atoms with Gasteiger partial charge in [-0.3, -0.25) is 0 Å². The van der Waals surface area contributed by atoms with Crippen molar-refractivity contribution in [2.45, 2.75) is 6.92 Å². The third-order valence-electron chi connectivity index (χ3n) is 2.43. The zero-order valence-corrected chi connectivity index (χ0v) is 7.70. The predicted molar refractivity (Wildman–Crippen MR) is 55.1 cm³/mol. The van der Waals surface area contributed by atoms with Crippen LogP contribution >= 0.6 is 0 Å². The lowest BCUT2D eigenvalue weighted by molar-refractivity contribution is 0.582. The van der Waals surface area contributed by atoms with E-state index >= 15 is 0 Å². The summed E-state index contributed by atoms with van der Waals surface area (Å²) in [4.78, 5) is 0. The van der Waals surface area contributed by atoms with Gasteiger partial charge in [-0.2, -0.15) is 0 Å². The van der Waals surface area contributed by atoms with Crippen molar-refractivity contribution in [3.05, 3.63) is 30.0 Å². The van der Waals surface area contributed by atoms with Crippen LogP contribution in [-0.2, 0) is 0 Å². The van der Waals surface area contributed by atoms with Gasteiger partial charge in [0.05, 0.1) is 5.39 Å². The second-order valence-corrected chi connectivity index (χ2v) is 3.33. The zero-order valence-electron chi connectivity index (χ0n) is 7.70. The summed E-state index contributed by atoms with van der Waals surface area (Å²) in [5, 5.41) is 0.974. The van der Waals surface area contributed by atoms with Gasteiger partial charge in [0.2, 0.25) is 0 Å². The molecule has 14 heavy (non-hydrogen) atoms. The van der Waals surface area contributed by atoms with E-state index in [9.17, 15) is 0 Å². The van der Waals surface area contributed by atoms with E-state index in [2.05, 4.69) is 0 Å². The average Bonchev–Trinajstić information content (AvgIpc) is 2.67. The number of anilines is 1. The Hall–Kier alpha value is -1.90. The number of hydrogen-bond donors (Lipinski definition) is 1. The summed E-state index contributed by atoms with van der Waals surface area (Å²) < 4.78 is 11.1. The first-order chi connectivity index (χ1) is 6.77. The first-order valence-corrected chi connectivity index (χ1v) is 4.43. The summed E-state index contributed by atoms with van der Waals surface area (Å²) in [5.74, 6) is 0.713. The van der Waals surface area contributed by atoms with E-state index in [0.29, 0.717) is 17.0 Å². The Morgan fingerprint density at radius 3 is 2.71 bits per heavy atom. The maximum Gasteiger partial charge on any atom is 0.197 e. The second kappa shape index (κ2) is 2.32. The highest BCUT2D eigenvalue weighted by molar-refractivity contribution is 6.05. The Balaban J connectivity index is 2.60. The third-order valence-corrected chi connectivity index (χ3v) is 2.43. The van der Waals surface area contributed by atoms with Gasteiger partial charge in [-0.25, -0.2) is 0 Å². The maximum absolute atomic E-state index is 5.81. The molecule has 2 heterocycles. The second-order valence-electron chi connectivity index (χ2n) is 3.33. The summed E-state index contributed by atoms with van der Waals surface area (Å²) in [6.45, 7) is 1.83. The summed E-state index contributed by atoms with van der Waals surface area (Å²) in [7, 11) is 0. The van der Waals surface area contributed by atoms with E-state index in [1.54, 1.807) is 0 Å². The van der Waals surface area contributed by atoms with Crippen LogP contribution in [0, 0.1) is 6.92 Å². The molecular weight excluding hydrogens is 178 g/mol. The number of benzene rings is 1. The van der Waals surface area contributed by atoms with Gasteiger partial charge in [0.25, 0.3) is 0 Å². The number of para-hydroxylation sites is 1. The number of nitrogens with two attached hydrogens (primary N) is 1. The Labute approximate surface area is 80.1 Å². The molecule has 3 nitrogen and oxygen atoms in total. The minimum Gasteiger partial charge on any atom is -0.455 e. The Morgan fingerprint density at radius 1 is 1.07 bits per heavy atom. The molecule has 0 spiro atoms. The molecule has 0 aliphatic carbocycles. The number of furan rings is 2. The SMILES string of the molecule is Cc1oc2c(oc3ccccc32)c1N. The molecule has 0 atom stereocenters. The molecule has 3 aromatic rings. The molecule has 0 saturated heterocycles. The van der Waals surface area contributed by atoms with Gasteiger partial charge in [-0.1, -0.05) is 12.1 Å². The third kappa shape index (κ3) is 0.763. The van der Waals surface area contributed by atoms with Gasteiger partial charge < -0.3 is 14.6 Å². The Kier molecular flexibility index (Phi) is 1.24. The smallest absolute Gasteiger partial charge is 0.197 e. The molecule has 0 amide bonds. The number of fused-ring (bicyclic) bond motifs is 3. The first-order valence-electron chi connectivity index (χ1n) is 4.43. The molecule has 70 valence electrons. The van der Waals surface area contributed by atoms with Crippen molar-refractivity contribution in [2.75, 3.05) is 5.73 Å². The standard InChI is InChI=1S/C11H9NO2/c1-6-9(12)11-10(13-6)7-4-2-3-5-8(7)14-11/h2-5H,12H2,1H3. The monoisotopic (exact) mass is 187 g/mol. The van der Waals surface area contributed by atoms with E-state index in [4.69, 9.17) is 14.6 Å². The molecule has 0 aliphatic rings. The van der Waals surface area contributed by atoms with Crippen LogP contribution in [0.15, 0.2) is 33.1 Å². The number of rotatable bonds is 0. The van der Waals surface area contributed by atoms with Crippen molar-refractivity contribution in [2.24, 2.45) is 0 Å². The van der Waals surface area contributed by atoms with Gasteiger partial charge in [0.15, 0.2) is 11.2 Å². The largest absolute Gasteiger partial charge is 0.455 e. The lowest BCUT2D eigenvalue weighted by Crippen LogP contribution is -1.82. The van der Waals surface area contributed by atoms with Crippen molar-refractivity contribution in [3.8, 4) is 0 Å². The highest BCUT2D eigenvalue weighted by Crippen LogP contribution is 2.35. The summed E-state index contributed by atoms with van der Waals surface area (Å²) >= 11 is 0. The fourth-order valence-corrected chi connectivity index (χ4v) is 1.67. The maximum atomic E-state index is 5.81. The van der Waals surface area contributed by atoms with Crippen LogP contribution in [0.2, 0.25) is 0 Å². The van der Waals surface area contributed by atoms with Gasteiger partial charge >= 0.3 is 0 Å². The highest BCUT2D eigenvalue weighted by Gasteiger charge is 2.15. The lowest BCUT2D eigenvalue weighted by atomic mass is 10.2. The number of nitrogen functional groups attached to an aromatic ring is 1. The van der Waals surface area contributed by atoms with Gasteiger partial charge in [0, 0.05) is 0 Å². The molecule has 3 heteroatoms. The molecule has 3 rings (SSSR count). The van der Waals surface area contributed by atoms with Crippen LogP contribution < -0.4 is 5.73 Å². The highest BCUT2D eigenvalue weighted by atomic mass is 16.4. The number of hydrogen-bond acceptors (Lipinski definition) is 3. The van der Waals surface area contributed by atoms with Crippen LogP contribution in [0.5, 0.6) is 0 Å². The molecule has 2 N–H and O–H groups in total. The van der Waals surface area contributed by atoms with E-state index in [0.717, 1.165) is 16.6 Å². The van der Waals surface area contributed by atoms with Crippen molar-refractivity contribution in [1.82, 2.24) is 0 Å². The summed E-state index contributed by atoms with van der Waals surface area (Å²) in [6.07, 6.45) is 0. The van der Waals surface area contributed by atoms with E-state index in [1.807, 2.05) is 31.2 Å². The topological polar surface area (TPSA) is 52.3 Å².